The lowest BCUT2D eigenvalue weighted by molar-refractivity contribution is -0.125. The van der Waals surface area contributed by atoms with Crippen molar-refractivity contribution in [3.63, 3.8) is 0 Å². The Labute approximate surface area is 136 Å². The Balaban J connectivity index is 1.75. The van der Waals surface area contributed by atoms with E-state index in [4.69, 9.17) is 27.9 Å². The first kappa shape index (κ1) is 15.0. The van der Waals surface area contributed by atoms with Crippen LogP contribution in [0.5, 0.6) is 0 Å². The summed E-state index contributed by atoms with van der Waals surface area (Å²) >= 11 is 11.4. The van der Waals surface area contributed by atoms with Crippen LogP contribution in [0.4, 0.5) is 17.3 Å². The molecule has 9 heteroatoms. The number of anilines is 3. The molecule has 0 saturated carbocycles. The number of halogens is 2. The number of aromatic nitrogens is 3. The SMILES string of the molecule is O=C1COCCN1c1ccc(Nc2nc(Cl)nc(Cl)n2)cc1. The van der Waals surface area contributed by atoms with Crippen LogP contribution in [-0.4, -0.2) is 40.6 Å². The molecule has 1 aliphatic rings. The largest absolute Gasteiger partial charge is 0.370 e. The van der Waals surface area contributed by atoms with Gasteiger partial charge in [-0.25, -0.2) is 0 Å². The number of hydrogen-bond acceptors (Lipinski definition) is 6. The number of benzene rings is 1. The molecule has 2 heterocycles. The Bertz CT molecular complexity index is 675. The second-order valence-corrected chi connectivity index (χ2v) is 5.14. The highest BCUT2D eigenvalue weighted by molar-refractivity contribution is 6.31. The molecule has 7 nitrogen and oxygen atoms in total. The number of hydrogen-bond donors (Lipinski definition) is 1. The lowest BCUT2D eigenvalue weighted by Crippen LogP contribution is -2.41. The second-order valence-electron chi connectivity index (χ2n) is 4.47. The molecule has 1 aromatic carbocycles. The zero-order valence-electron chi connectivity index (χ0n) is 11.3. The lowest BCUT2D eigenvalue weighted by Gasteiger charge is -2.26. The van der Waals surface area contributed by atoms with E-state index in [0.717, 1.165) is 11.4 Å². The number of morpholine rings is 1. The van der Waals surface area contributed by atoms with Crippen molar-refractivity contribution in [1.82, 2.24) is 15.0 Å². The monoisotopic (exact) mass is 339 g/mol. The molecule has 1 fully saturated rings. The highest BCUT2D eigenvalue weighted by atomic mass is 35.5. The quantitative estimate of drug-likeness (QED) is 0.923. The summed E-state index contributed by atoms with van der Waals surface area (Å²) in [6.07, 6.45) is 0. The standard InChI is InChI=1S/C13H11Cl2N5O2/c14-11-17-12(15)19-13(18-11)16-8-1-3-9(4-2-8)20-5-6-22-7-10(20)21/h1-4H,5-7H2,(H,16,17,18,19). The molecule has 22 heavy (non-hydrogen) atoms. The molecule has 2 aromatic rings. The third kappa shape index (κ3) is 3.44. The second kappa shape index (κ2) is 6.43. The Hall–Kier alpha value is -1.96. The summed E-state index contributed by atoms with van der Waals surface area (Å²) in [5.74, 6) is 0.197. The maximum absolute atomic E-state index is 11.8. The molecule has 114 valence electrons. The van der Waals surface area contributed by atoms with E-state index in [0.29, 0.717) is 13.2 Å². The number of carbonyl (C=O) groups is 1. The highest BCUT2D eigenvalue weighted by Gasteiger charge is 2.19. The highest BCUT2D eigenvalue weighted by Crippen LogP contribution is 2.21. The van der Waals surface area contributed by atoms with Gasteiger partial charge in [-0.05, 0) is 47.5 Å². The van der Waals surface area contributed by atoms with Gasteiger partial charge in [0, 0.05) is 17.9 Å². The van der Waals surface area contributed by atoms with Crippen LogP contribution >= 0.6 is 23.2 Å². The first-order chi connectivity index (χ1) is 10.6. The number of nitrogens with zero attached hydrogens (tertiary/aromatic N) is 4. The normalized spacial score (nSPS) is 15.0. The maximum atomic E-state index is 11.8. The number of carbonyl (C=O) groups excluding carboxylic acids is 1. The molecule has 0 radical (unpaired) electrons. The fourth-order valence-electron chi connectivity index (χ4n) is 2.03. The third-order valence-corrected chi connectivity index (χ3v) is 3.34. The van der Waals surface area contributed by atoms with E-state index in [2.05, 4.69) is 20.3 Å². The van der Waals surface area contributed by atoms with E-state index < -0.39 is 0 Å². The van der Waals surface area contributed by atoms with Gasteiger partial charge in [0.2, 0.25) is 16.5 Å². The van der Waals surface area contributed by atoms with Crippen molar-refractivity contribution >= 4 is 46.4 Å². The number of nitrogens with one attached hydrogen (secondary N) is 1. The molecule has 0 aliphatic carbocycles. The number of rotatable bonds is 3. The van der Waals surface area contributed by atoms with Crippen LogP contribution in [-0.2, 0) is 9.53 Å². The Morgan fingerprint density at radius 1 is 1.09 bits per heavy atom. The van der Waals surface area contributed by atoms with Crippen molar-refractivity contribution in [3.05, 3.63) is 34.8 Å². The van der Waals surface area contributed by atoms with Crippen LogP contribution in [0.2, 0.25) is 10.6 Å². The Morgan fingerprint density at radius 3 is 2.41 bits per heavy atom. The van der Waals surface area contributed by atoms with Gasteiger partial charge in [-0.15, -0.1) is 0 Å². The van der Waals surface area contributed by atoms with E-state index in [1.807, 2.05) is 24.3 Å². The van der Waals surface area contributed by atoms with Crippen molar-refractivity contribution in [3.8, 4) is 0 Å². The number of amides is 1. The first-order valence-electron chi connectivity index (χ1n) is 6.44. The van der Waals surface area contributed by atoms with Crippen molar-refractivity contribution in [2.45, 2.75) is 0 Å². The minimum absolute atomic E-state index is 0.0121. The van der Waals surface area contributed by atoms with Crippen molar-refractivity contribution < 1.29 is 9.53 Å². The maximum Gasteiger partial charge on any atom is 0.253 e. The van der Waals surface area contributed by atoms with Crippen molar-refractivity contribution in [2.75, 3.05) is 30.0 Å². The molecule has 1 saturated heterocycles. The zero-order valence-corrected chi connectivity index (χ0v) is 12.8. The molecule has 0 spiro atoms. The molecule has 3 rings (SSSR count). The Kier molecular flexibility index (Phi) is 4.37. The molecule has 1 amide bonds. The summed E-state index contributed by atoms with van der Waals surface area (Å²) in [6, 6.07) is 7.28. The Morgan fingerprint density at radius 2 is 1.77 bits per heavy atom. The predicted molar refractivity (Wildman–Crippen MR) is 82.7 cm³/mol. The van der Waals surface area contributed by atoms with E-state index in [-0.39, 0.29) is 29.0 Å². The molecule has 1 aliphatic heterocycles. The smallest absolute Gasteiger partial charge is 0.253 e. The van der Waals surface area contributed by atoms with Gasteiger partial charge in [0.15, 0.2) is 0 Å². The van der Waals surface area contributed by atoms with Crippen LogP contribution in [0.1, 0.15) is 0 Å². The van der Waals surface area contributed by atoms with Crippen LogP contribution < -0.4 is 10.2 Å². The summed E-state index contributed by atoms with van der Waals surface area (Å²) in [5, 5.41) is 2.99. The average Bonchev–Trinajstić information content (AvgIpc) is 2.48. The third-order valence-electron chi connectivity index (χ3n) is 3.00. The van der Waals surface area contributed by atoms with Crippen LogP contribution in [0, 0.1) is 0 Å². The van der Waals surface area contributed by atoms with Gasteiger partial charge in [0.05, 0.1) is 6.61 Å². The van der Waals surface area contributed by atoms with E-state index >= 15 is 0 Å². The van der Waals surface area contributed by atoms with Crippen molar-refractivity contribution in [2.24, 2.45) is 0 Å². The van der Waals surface area contributed by atoms with E-state index in [1.165, 1.54) is 0 Å². The molecule has 0 bridgehead atoms. The fourth-order valence-corrected chi connectivity index (χ4v) is 2.39. The summed E-state index contributed by atoms with van der Waals surface area (Å²) in [6.45, 7) is 1.19. The fraction of sp³-hybridized carbons (Fsp3) is 0.231. The van der Waals surface area contributed by atoms with Crippen LogP contribution in [0.25, 0.3) is 0 Å². The summed E-state index contributed by atoms with van der Waals surface area (Å²) in [4.78, 5) is 25.0. The minimum atomic E-state index is -0.0528. The lowest BCUT2D eigenvalue weighted by atomic mass is 10.2. The molecule has 0 unspecified atom stereocenters. The first-order valence-corrected chi connectivity index (χ1v) is 7.20. The van der Waals surface area contributed by atoms with Gasteiger partial charge in [0.1, 0.15) is 6.61 Å². The van der Waals surface area contributed by atoms with E-state index in [1.54, 1.807) is 4.90 Å². The van der Waals surface area contributed by atoms with Gasteiger partial charge >= 0.3 is 0 Å². The molecular formula is C13H11Cl2N5O2. The van der Waals surface area contributed by atoms with Crippen LogP contribution in [0.15, 0.2) is 24.3 Å². The average molecular weight is 340 g/mol. The van der Waals surface area contributed by atoms with Gasteiger partial charge in [0.25, 0.3) is 5.91 Å². The summed E-state index contributed by atoms with van der Waals surface area (Å²) in [7, 11) is 0. The molecule has 0 atom stereocenters. The topological polar surface area (TPSA) is 80.2 Å². The van der Waals surface area contributed by atoms with E-state index in [9.17, 15) is 4.79 Å². The number of ether oxygens (including phenoxy) is 1. The minimum Gasteiger partial charge on any atom is -0.370 e. The van der Waals surface area contributed by atoms with Gasteiger partial charge in [-0.2, -0.15) is 15.0 Å². The van der Waals surface area contributed by atoms with Gasteiger partial charge in [-0.1, -0.05) is 0 Å². The molecule has 1 aromatic heterocycles. The summed E-state index contributed by atoms with van der Waals surface area (Å²) < 4.78 is 5.11. The zero-order chi connectivity index (χ0) is 15.5. The predicted octanol–water partition coefficient (Wildman–Crippen LogP) is 2.29. The summed E-state index contributed by atoms with van der Waals surface area (Å²) in [5.41, 5.74) is 1.55. The molecular weight excluding hydrogens is 329 g/mol. The van der Waals surface area contributed by atoms with Crippen molar-refractivity contribution in [1.29, 1.82) is 0 Å². The van der Waals surface area contributed by atoms with Gasteiger partial charge < -0.3 is 15.0 Å². The molecule has 1 N–H and O–H groups in total. The van der Waals surface area contributed by atoms with Gasteiger partial charge in [-0.3, -0.25) is 4.79 Å². The van der Waals surface area contributed by atoms with Crippen LogP contribution in [0.3, 0.4) is 0 Å².